The van der Waals surface area contributed by atoms with Crippen LogP contribution in [0.25, 0.3) is 4.96 Å². The molecular formula is C13H22N4OS. The van der Waals surface area contributed by atoms with Gasteiger partial charge >= 0.3 is 0 Å². The molecule has 0 aliphatic rings. The minimum atomic E-state index is 0.784. The van der Waals surface area contributed by atoms with E-state index < -0.39 is 0 Å². The van der Waals surface area contributed by atoms with E-state index >= 15 is 0 Å². The molecule has 0 saturated heterocycles. The second kappa shape index (κ2) is 8.27. The van der Waals surface area contributed by atoms with E-state index in [2.05, 4.69) is 25.4 Å². The lowest BCUT2D eigenvalue weighted by Gasteiger charge is -2.05. The number of nitrogens with zero attached hydrogens (tertiary/aromatic N) is 2. The maximum atomic E-state index is 4.97. The van der Waals surface area contributed by atoms with Gasteiger partial charge in [0.1, 0.15) is 0 Å². The summed E-state index contributed by atoms with van der Waals surface area (Å²) >= 11 is 1.70. The molecule has 0 fully saturated rings. The number of methoxy groups -OCH3 is 1. The maximum absolute atomic E-state index is 4.97. The van der Waals surface area contributed by atoms with E-state index in [4.69, 9.17) is 4.74 Å². The second-order valence-corrected chi connectivity index (χ2v) is 5.24. The molecule has 0 radical (unpaired) electrons. The number of nitrogens with one attached hydrogen (secondary N) is 2. The highest BCUT2D eigenvalue weighted by molar-refractivity contribution is 7.15. The Morgan fingerprint density at radius 1 is 1.26 bits per heavy atom. The number of imidazole rings is 1. The van der Waals surface area contributed by atoms with Crippen LogP contribution in [0, 0.1) is 0 Å². The van der Waals surface area contributed by atoms with Crippen molar-refractivity contribution in [1.29, 1.82) is 0 Å². The average molecular weight is 282 g/mol. The Kier molecular flexibility index (Phi) is 6.29. The summed E-state index contributed by atoms with van der Waals surface area (Å²) < 4.78 is 7.14. The first-order chi connectivity index (χ1) is 9.42. The molecule has 0 bridgehead atoms. The lowest BCUT2D eigenvalue weighted by Crippen LogP contribution is -2.25. The van der Waals surface area contributed by atoms with Gasteiger partial charge in [0.15, 0.2) is 4.96 Å². The van der Waals surface area contributed by atoms with Crippen LogP contribution in [0.15, 0.2) is 17.8 Å². The van der Waals surface area contributed by atoms with Crippen molar-refractivity contribution in [1.82, 2.24) is 20.0 Å². The van der Waals surface area contributed by atoms with Gasteiger partial charge in [0.2, 0.25) is 0 Å². The lowest BCUT2D eigenvalue weighted by molar-refractivity contribution is 0.199. The minimum absolute atomic E-state index is 0.784. The predicted molar refractivity (Wildman–Crippen MR) is 79.0 cm³/mol. The van der Waals surface area contributed by atoms with Crippen LogP contribution < -0.4 is 10.6 Å². The molecule has 6 heteroatoms. The quantitative estimate of drug-likeness (QED) is 0.642. The number of hydrogen-bond acceptors (Lipinski definition) is 5. The Morgan fingerprint density at radius 3 is 2.95 bits per heavy atom. The van der Waals surface area contributed by atoms with Crippen LogP contribution in [0.5, 0.6) is 0 Å². The zero-order valence-electron chi connectivity index (χ0n) is 11.4. The highest BCUT2D eigenvalue weighted by atomic mass is 32.1. The lowest BCUT2D eigenvalue weighted by atomic mass is 10.3. The van der Waals surface area contributed by atoms with Crippen LogP contribution in [0.2, 0.25) is 0 Å². The van der Waals surface area contributed by atoms with E-state index in [9.17, 15) is 0 Å². The van der Waals surface area contributed by atoms with Crippen molar-refractivity contribution in [3.8, 4) is 0 Å². The van der Waals surface area contributed by atoms with Crippen molar-refractivity contribution in [2.24, 2.45) is 0 Å². The molecule has 0 unspecified atom stereocenters. The number of ether oxygens (including phenoxy) is 1. The van der Waals surface area contributed by atoms with Gasteiger partial charge in [-0.15, -0.1) is 11.3 Å². The summed E-state index contributed by atoms with van der Waals surface area (Å²) in [5, 5.41) is 9.00. The van der Waals surface area contributed by atoms with Crippen LogP contribution in [0.4, 0.5) is 0 Å². The minimum Gasteiger partial charge on any atom is -0.383 e. The molecule has 0 aliphatic carbocycles. The van der Waals surface area contributed by atoms with E-state index in [1.54, 1.807) is 18.4 Å². The fourth-order valence-electron chi connectivity index (χ4n) is 1.93. The number of fused-ring (bicyclic) bond motifs is 1. The Balaban J connectivity index is 1.52. The highest BCUT2D eigenvalue weighted by Crippen LogP contribution is 2.14. The number of rotatable bonds is 10. The molecule has 0 atom stereocenters. The largest absolute Gasteiger partial charge is 0.383 e. The summed E-state index contributed by atoms with van der Waals surface area (Å²) in [4.78, 5) is 5.36. The third-order valence-corrected chi connectivity index (χ3v) is 3.87. The molecule has 0 aliphatic heterocycles. The van der Waals surface area contributed by atoms with Gasteiger partial charge in [0.05, 0.1) is 6.61 Å². The van der Waals surface area contributed by atoms with Gasteiger partial charge in [-0.1, -0.05) is 0 Å². The maximum Gasteiger partial charge on any atom is 0.193 e. The zero-order valence-corrected chi connectivity index (χ0v) is 12.2. The standard InChI is InChI=1S/C13H22N4OS/c1-18-10-8-15-5-2-4-14-6-3-12-11-19-13-16-7-9-17(12)13/h7,9,11,14-15H,2-6,8,10H2,1H3. The molecule has 2 aromatic heterocycles. The monoisotopic (exact) mass is 282 g/mol. The molecule has 5 nitrogen and oxygen atoms in total. The molecule has 0 saturated carbocycles. The Morgan fingerprint density at radius 2 is 2.11 bits per heavy atom. The summed E-state index contributed by atoms with van der Waals surface area (Å²) in [7, 11) is 1.73. The topological polar surface area (TPSA) is 50.6 Å². The molecule has 2 aromatic rings. The van der Waals surface area contributed by atoms with Crippen molar-refractivity contribution in [2.45, 2.75) is 12.8 Å². The van der Waals surface area contributed by atoms with Gasteiger partial charge in [0.25, 0.3) is 0 Å². The van der Waals surface area contributed by atoms with Crippen LogP contribution in [-0.2, 0) is 11.2 Å². The van der Waals surface area contributed by atoms with E-state index in [1.807, 2.05) is 12.4 Å². The first-order valence-electron chi connectivity index (χ1n) is 6.71. The summed E-state index contributed by atoms with van der Waals surface area (Å²) in [6.45, 7) is 4.83. The molecule has 2 heterocycles. The Hall–Kier alpha value is -0.950. The molecule has 19 heavy (non-hydrogen) atoms. The van der Waals surface area contributed by atoms with Crippen molar-refractivity contribution >= 4 is 16.3 Å². The second-order valence-electron chi connectivity index (χ2n) is 4.40. The van der Waals surface area contributed by atoms with Crippen LogP contribution in [-0.4, -0.2) is 49.3 Å². The van der Waals surface area contributed by atoms with Gasteiger partial charge in [-0.2, -0.15) is 0 Å². The molecular weight excluding hydrogens is 260 g/mol. The van der Waals surface area contributed by atoms with E-state index in [0.29, 0.717) is 0 Å². The van der Waals surface area contributed by atoms with Crippen molar-refractivity contribution in [2.75, 3.05) is 39.9 Å². The third-order valence-electron chi connectivity index (χ3n) is 2.96. The Bertz CT molecular complexity index is 468. The first-order valence-corrected chi connectivity index (χ1v) is 7.59. The van der Waals surface area contributed by atoms with Crippen LogP contribution in [0.1, 0.15) is 12.1 Å². The zero-order chi connectivity index (χ0) is 13.3. The van der Waals surface area contributed by atoms with Crippen LogP contribution in [0.3, 0.4) is 0 Å². The molecule has 0 aromatic carbocycles. The normalized spacial score (nSPS) is 11.4. The predicted octanol–water partition coefficient (Wildman–Crippen LogP) is 1.15. The Labute approximate surface area is 118 Å². The molecule has 0 spiro atoms. The van der Waals surface area contributed by atoms with E-state index in [-0.39, 0.29) is 0 Å². The molecule has 2 N–H and O–H groups in total. The van der Waals surface area contributed by atoms with Crippen molar-refractivity contribution in [3.63, 3.8) is 0 Å². The van der Waals surface area contributed by atoms with Crippen molar-refractivity contribution < 1.29 is 4.74 Å². The van der Waals surface area contributed by atoms with Crippen molar-refractivity contribution in [3.05, 3.63) is 23.5 Å². The van der Waals surface area contributed by atoms with E-state index in [1.165, 1.54) is 5.69 Å². The van der Waals surface area contributed by atoms with Gasteiger partial charge in [-0.05, 0) is 19.5 Å². The molecule has 2 rings (SSSR count). The highest BCUT2D eigenvalue weighted by Gasteiger charge is 2.02. The fourth-order valence-corrected chi connectivity index (χ4v) is 2.82. The van der Waals surface area contributed by atoms with Gasteiger partial charge < -0.3 is 15.4 Å². The summed E-state index contributed by atoms with van der Waals surface area (Å²) in [5.41, 5.74) is 1.34. The first kappa shape index (κ1) is 14.5. The number of aromatic nitrogens is 2. The van der Waals surface area contributed by atoms with Gasteiger partial charge in [-0.3, -0.25) is 4.40 Å². The van der Waals surface area contributed by atoms with Gasteiger partial charge in [0, 0.05) is 50.1 Å². The average Bonchev–Trinajstić information content (AvgIpc) is 3.01. The summed E-state index contributed by atoms with van der Waals surface area (Å²) in [5.74, 6) is 0. The summed E-state index contributed by atoms with van der Waals surface area (Å²) in [6.07, 6.45) is 6.08. The third kappa shape index (κ3) is 4.58. The van der Waals surface area contributed by atoms with Crippen LogP contribution >= 0.6 is 11.3 Å². The number of thiazole rings is 1. The molecule has 0 amide bonds. The smallest absolute Gasteiger partial charge is 0.193 e. The van der Waals surface area contributed by atoms with E-state index in [0.717, 1.165) is 50.6 Å². The van der Waals surface area contributed by atoms with Gasteiger partial charge in [-0.25, -0.2) is 4.98 Å². The molecule has 106 valence electrons. The summed E-state index contributed by atoms with van der Waals surface area (Å²) in [6, 6.07) is 0. The SMILES string of the molecule is COCCNCCCNCCc1csc2nccn12. The number of hydrogen-bond donors (Lipinski definition) is 2. The fraction of sp³-hybridized carbons (Fsp3) is 0.615.